The Balaban J connectivity index is 1.88. The summed E-state index contributed by atoms with van der Waals surface area (Å²) in [6.45, 7) is 6.22. The second-order valence-corrected chi connectivity index (χ2v) is 7.51. The fourth-order valence-corrected chi connectivity index (χ4v) is 3.09. The number of rotatable bonds is 3. The van der Waals surface area contributed by atoms with Gasteiger partial charge in [0, 0.05) is 11.0 Å². The maximum Gasteiger partial charge on any atom is 0.258 e. The first-order valence-corrected chi connectivity index (χ1v) is 8.56. The van der Waals surface area contributed by atoms with Gasteiger partial charge < -0.3 is 0 Å². The van der Waals surface area contributed by atoms with Crippen LogP contribution in [0.5, 0.6) is 0 Å². The fraction of sp³-hybridized carbons (Fsp3) is 0.211. The highest BCUT2D eigenvalue weighted by molar-refractivity contribution is 7.15. The molecule has 0 unspecified atom stereocenters. The number of hydrogen-bond donors (Lipinski definition) is 1. The summed E-state index contributed by atoms with van der Waals surface area (Å²) < 4.78 is 0. The molecule has 0 radical (unpaired) electrons. The van der Waals surface area contributed by atoms with Crippen molar-refractivity contribution in [1.82, 2.24) is 10.2 Å². The van der Waals surface area contributed by atoms with Gasteiger partial charge in [0.05, 0.1) is 0 Å². The zero-order valence-electron chi connectivity index (χ0n) is 13.9. The van der Waals surface area contributed by atoms with Crippen LogP contribution >= 0.6 is 11.3 Å². The predicted octanol–water partition coefficient (Wildman–Crippen LogP) is 4.75. The number of aromatic nitrogens is 2. The minimum atomic E-state index is -0.175. The van der Waals surface area contributed by atoms with Crippen molar-refractivity contribution in [2.45, 2.75) is 26.2 Å². The Labute approximate surface area is 145 Å². The molecule has 1 N–H and O–H groups in total. The van der Waals surface area contributed by atoms with Crippen LogP contribution in [-0.4, -0.2) is 16.1 Å². The van der Waals surface area contributed by atoms with E-state index < -0.39 is 0 Å². The second-order valence-electron chi connectivity index (χ2n) is 6.53. The van der Waals surface area contributed by atoms with Gasteiger partial charge in [0.25, 0.3) is 5.91 Å². The molecule has 24 heavy (non-hydrogen) atoms. The smallest absolute Gasteiger partial charge is 0.258 e. The van der Waals surface area contributed by atoms with Crippen molar-refractivity contribution < 1.29 is 4.79 Å². The number of hydrogen-bond acceptors (Lipinski definition) is 4. The highest BCUT2D eigenvalue weighted by atomic mass is 32.1. The number of amides is 1. The molecule has 3 rings (SSSR count). The van der Waals surface area contributed by atoms with E-state index in [0.717, 1.165) is 16.1 Å². The van der Waals surface area contributed by atoms with Crippen molar-refractivity contribution >= 4 is 22.4 Å². The van der Waals surface area contributed by atoms with Gasteiger partial charge >= 0.3 is 0 Å². The molecular formula is C19H19N3OS. The lowest BCUT2D eigenvalue weighted by atomic mass is 9.98. The van der Waals surface area contributed by atoms with Gasteiger partial charge in [-0.05, 0) is 17.2 Å². The molecule has 0 bridgehead atoms. The molecule has 1 amide bonds. The molecule has 4 nitrogen and oxygen atoms in total. The average molecular weight is 337 g/mol. The predicted molar refractivity (Wildman–Crippen MR) is 98.4 cm³/mol. The molecule has 0 aliphatic carbocycles. The molecule has 0 saturated heterocycles. The van der Waals surface area contributed by atoms with Crippen molar-refractivity contribution in [3.8, 4) is 11.1 Å². The molecule has 0 aliphatic rings. The third-order valence-corrected chi connectivity index (χ3v) is 4.81. The second kappa shape index (κ2) is 6.53. The summed E-state index contributed by atoms with van der Waals surface area (Å²) in [7, 11) is 0. The first kappa shape index (κ1) is 16.3. The first-order valence-electron chi connectivity index (χ1n) is 7.75. The van der Waals surface area contributed by atoms with Crippen LogP contribution in [0, 0.1) is 0 Å². The van der Waals surface area contributed by atoms with Crippen molar-refractivity contribution in [1.29, 1.82) is 0 Å². The van der Waals surface area contributed by atoms with E-state index in [1.807, 2.05) is 54.6 Å². The lowest BCUT2D eigenvalue weighted by Gasteiger charge is -2.12. The van der Waals surface area contributed by atoms with E-state index in [1.165, 1.54) is 11.3 Å². The molecule has 0 aliphatic heterocycles. The molecule has 0 fully saturated rings. The minimum Gasteiger partial charge on any atom is -0.296 e. The van der Waals surface area contributed by atoms with Gasteiger partial charge in [0.2, 0.25) is 5.13 Å². The number of nitrogens with zero attached hydrogens (tertiary/aromatic N) is 2. The van der Waals surface area contributed by atoms with Crippen LogP contribution in [0.2, 0.25) is 0 Å². The standard InChI is InChI=1S/C19H19N3OS/c1-19(2,3)17-21-22-18(24-17)20-16(23)15-12-8-7-11-14(15)13-9-5-4-6-10-13/h4-12H,1-3H3,(H,20,22,23). The van der Waals surface area contributed by atoms with E-state index in [2.05, 4.69) is 36.3 Å². The third-order valence-electron chi connectivity index (χ3n) is 3.54. The van der Waals surface area contributed by atoms with Crippen molar-refractivity contribution in [2.75, 3.05) is 5.32 Å². The molecule has 1 heterocycles. The molecule has 122 valence electrons. The van der Waals surface area contributed by atoms with Gasteiger partial charge in [-0.1, -0.05) is 80.6 Å². The normalized spacial score (nSPS) is 11.3. The van der Waals surface area contributed by atoms with Crippen LogP contribution in [0.25, 0.3) is 11.1 Å². The van der Waals surface area contributed by atoms with Crippen molar-refractivity contribution in [3.63, 3.8) is 0 Å². The minimum absolute atomic E-state index is 0.0808. The van der Waals surface area contributed by atoms with E-state index >= 15 is 0 Å². The highest BCUT2D eigenvalue weighted by Crippen LogP contribution is 2.29. The number of carbonyl (C=O) groups excluding carboxylic acids is 1. The number of anilines is 1. The molecule has 0 saturated carbocycles. The van der Waals surface area contributed by atoms with E-state index in [0.29, 0.717) is 10.7 Å². The Morgan fingerprint density at radius 3 is 2.29 bits per heavy atom. The van der Waals surface area contributed by atoms with Gasteiger partial charge in [-0.2, -0.15) is 0 Å². The molecule has 5 heteroatoms. The SMILES string of the molecule is CC(C)(C)c1nnc(NC(=O)c2ccccc2-c2ccccc2)s1. The topological polar surface area (TPSA) is 54.9 Å². The van der Waals surface area contributed by atoms with Gasteiger partial charge in [0.1, 0.15) is 5.01 Å². The molecule has 3 aromatic rings. The Bertz CT molecular complexity index is 850. The zero-order valence-corrected chi connectivity index (χ0v) is 14.7. The summed E-state index contributed by atoms with van der Waals surface area (Å²) in [5.74, 6) is -0.175. The van der Waals surface area contributed by atoms with Crippen molar-refractivity contribution in [3.05, 3.63) is 65.2 Å². The van der Waals surface area contributed by atoms with E-state index in [-0.39, 0.29) is 11.3 Å². The lowest BCUT2D eigenvalue weighted by Crippen LogP contribution is -2.13. The van der Waals surface area contributed by atoms with E-state index in [1.54, 1.807) is 0 Å². The maximum atomic E-state index is 12.7. The monoisotopic (exact) mass is 337 g/mol. The summed E-state index contributed by atoms with van der Waals surface area (Å²) in [4.78, 5) is 12.7. The molecular weight excluding hydrogens is 318 g/mol. The first-order chi connectivity index (χ1) is 11.4. The number of carbonyl (C=O) groups is 1. The van der Waals surface area contributed by atoms with Crippen LogP contribution in [0.3, 0.4) is 0 Å². The van der Waals surface area contributed by atoms with Crippen molar-refractivity contribution in [2.24, 2.45) is 0 Å². The zero-order chi connectivity index (χ0) is 17.2. The Kier molecular flexibility index (Phi) is 4.44. The van der Waals surface area contributed by atoms with Gasteiger partial charge in [-0.25, -0.2) is 0 Å². The van der Waals surface area contributed by atoms with Crippen LogP contribution in [0.1, 0.15) is 36.1 Å². The quantitative estimate of drug-likeness (QED) is 0.750. The number of benzene rings is 2. The molecule has 1 aromatic heterocycles. The lowest BCUT2D eigenvalue weighted by molar-refractivity contribution is 0.102. The van der Waals surface area contributed by atoms with E-state index in [9.17, 15) is 4.79 Å². The summed E-state index contributed by atoms with van der Waals surface area (Å²) in [6, 6.07) is 17.4. The summed E-state index contributed by atoms with van der Waals surface area (Å²) >= 11 is 1.41. The van der Waals surface area contributed by atoms with Crippen LogP contribution < -0.4 is 5.32 Å². The summed E-state index contributed by atoms with van der Waals surface area (Å²) in [5.41, 5.74) is 2.45. The van der Waals surface area contributed by atoms with Gasteiger partial charge in [-0.3, -0.25) is 10.1 Å². The van der Waals surface area contributed by atoms with Crippen LogP contribution in [0.4, 0.5) is 5.13 Å². The summed E-state index contributed by atoms with van der Waals surface area (Å²) in [5, 5.41) is 12.5. The van der Waals surface area contributed by atoms with E-state index in [4.69, 9.17) is 0 Å². The van der Waals surface area contributed by atoms with Crippen LogP contribution in [0.15, 0.2) is 54.6 Å². The third kappa shape index (κ3) is 3.51. The number of nitrogens with one attached hydrogen (secondary N) is 1. The largest absolute Gasteiger partial charge is 0.296 e. The molecule has 0 spiro atoms. The van der Waals surface area contributed by atoms with Gasteiger partial charge in [-0.15, -0.1) is 10.2 Å². The Morgan fingerprint density at radius 1 is 0.958 bits per heavy atom. The maximum absolute atomic E-state index is 12.7. The highest BCUT2D eigenvalue weighted by Gasteiger charge is 2.21. The molecule has 0 atom stereocenters. The Morgan fingerprint density at radius 2 is 1.62 bits per heavy atom. The Hall–Kier alpha value is -2.53. The molecule has 2 aromatic carbocycles. The average Bonchev–Trinajstić information content (AvgIpc) is 3.04. The van der Waals surface area contributed by atoms with Crippen LogP contribution in [-0.2, 0) is 5.41 Å². The van der Waals surface area contributed by atoms with Gasteiger partial charge in [0.15, 0.2) is 0 Å². The summed E-state index contributed by atoms with van der Waals surface area (Å²) in [6.07, 6.45) is 0. The fourth-order valence-electron chi connectivity index (χ4n) is 2.29.